The van der Waals surface area contributed by atoms with Crippen molar-refractivity contribution < 1.29 is 9.50 Å². The molecule has 0 saturated carbocycles. The van der Waals surface area contributed by atoms with Gasteiger partial charge in [0, 0.05) is 12.4 Å². The molecule has 100 valence electrons. The van der Waals surface area contributed by atoms with Crippen molar-refractivity contribution in [2.24, 2.45) is 0 Å². The standard InChI is InChI=1S/C15H15BrFNO/c16-14-9-12(4-6-15(14)17)8-13(19)5-3-11-2-1-7-18-10-11/h1-2,4,6-7,9-10,13,19H,3,5,8H2. The van der Waals surface area contributed by atoms with Gasteiger partial charge in [-0.2, -0.15) is 0 Å². The van der Waals surface area contributed by atoms with Crippen molar-refractivity contribution in [2.75, 3.05) is 0 Å². The number of aliphatic hydroxyl groups excluding tert-OH is 1. The molecule has 0 aliphatic rings. The lowest BCUT2D eigenvalue weighted by Gasteiger charge is -2.11. The van der Waals surface area contributed by atoms with Crippen LogP contribution in [0.1, 0.15) is 17.5 Å². The maximum absolute atomic E-state index is 13.1. The molecule has 2 aromatic rings. The molecule has 0 bridgehead atoms. The number of halogens is 2. The van der Waals surface area contributed by atoms with Gasteiger partial charge in [0.25, 0.3) is 0 Å². The van der Waals surface area contributed by atoms with E-state index in [0.717, 1.165) is 17.5 Å². The fraction of sp³-hybridized carbons (Fsp3) is 0.267. The third-order valence-electron chi connectivity index (χ3n) is 2.94. The Morgan fingerprint density at radius 3 is 2.79 bits per heavy atom. The molecule has 0 amide bonds. The molecule has 0 saturated heterocycles. The highest BCUT2D eigenvalue weighted by atomic mass is 79.9. The molecule has 0 radical (unpaired) electrons. The summed E-state index contributed by atoms with van der Waals surface area (Å²) in [6.45, 7) is 0. The molecule has 1 heterocycles. The maximum atomic E-state index is 13.1. The second-order valence-electron chi connectivity index (χ2n) is 4.51. The molecule has 1 N–H and O–H groups in total. The summed E-state index contributed by atoms with van der Waals surface area (Å²) < 4.78 is 13.5. The number of hydrogen-bond donors (Lipinski definition) is 1. The summed E-state index contributed by atoms with van der Waals surface area (Å²) in [4.78, 5) is 4.04. The Morgan fingerprint density at radius 1 is 1.26 bits per heavy atom. The first-order valence-corrected chi connectivity index (χ1v) is 6.95. The lowest BCUT2D eigenvalue weighted by Crippen LogP contribution is -2.11. The smallest absolute Gasteiger partial charge is 0.137 e. The van der Waals surface area contributed by atoms with E-state index in [1.54, 1.807) is 24.5 Å². The minimum atomic E-state index is -0.433. The Bertz CT molecular complexity index is 533. The average Bonchev–Trinajstić information content (AvgIpc) is 2.42. The summed E-state index contributed by atoms with van der Waals surface area (Å²) >= 11 is 3.15. The highest BCUT2D eigenvalue weighted by molar-refractivity contribution is 9.10. The van der Waals surface area contributed by atoms with E-state index in [1.807, 2.05) is 12.1 Å². The van der Waals surface area contributed by atoms with Crippen LogP contribution in [0, 0.1) is 5.82 Å². The van der Waals surface area contributed by atoms with Crippen LogP contribution in [0.5, 0.6) is 0 Å². The number of nitrogens with zero attached hydrogens (tertiary/aromatic N) is 1. The average molecular weight is 324 g/mol. The molecule has 0 aliphatic carbocycles. The second-order valence-corrected chi connectivity index (χ2v) is 5.36. The maximum Gasteiger partial charge on any atom is 0.137 e. The summed E-state index contributed by atoms with van der Waals surface area (Å²) in [5, 5.41) is 9.99. The molecule has 1 aromatic heterocycles. The van der Waals surface area contributed by atoms with Gasteiger partial charge < -0.3 is 5.11 Å². The molecule has 0 spiro atoms. The molecule has 0 fully saturated rings. The first-order chi connectivity index (χ1) is 9.15. The monoisotopic (exact) mass is 323 g/mol. The highest BCUT2D eigenvalue weighted by Gasteiger charge is 2.08. The first-order valence-electron chi connectivity index (χ1n) is 6.16. The number of aromatic nitrogens is 1. The van der Waals surface area contributed by atoms with E-state index in [-0.39, 0.29) is 5.82 Å². The number of rotatable bonds is 5. The Kier molecular flexibility index (Phi) is 5.05. The van der Waals surface area contributed by atoms with Crippen LogP contribution in [0.25, 0.3) is 0 Å². The van der Waals surface area contributed by atoms with Gasteiger partial charge in [-0.1, -0.05) is 12.1 Å². The second kappa shape index (κ2) is 6.78. The molecule has 2 rings (SSSR count). The van der Waals surface area contributed by atoms with E-state index in [0.29, 0.717) is 17.3 Å². The van der Waals surface area contributed by atoms with Crippen molar-refractivity contribution in [1.29, 1.82) is 0 Å². The van der Waals surface area contributed by atoms with Gasteiger partial charge >= 0.3 is 0 Å². The lowest BCUT2D eigenvalue weighted by molar-refractivity contribution is 0.165. The Labute approximate surface area is 120 Å². The third kappa shape index (κ3) is 4.40. The quantitative estimate of drug-likeness (QED) is 0.913. The summed E-state index contributed by atoms with van der Waals surface area (Å²) in [7, 11) is 0. The van der Waals surface area contributed by atoms with Gasteiger partial charge in [0.05, 0.1) is 10.6 Å². The zero-order valence-corrected chi connectivity index (χ0v) is 12.0. The van der Waals surface area contributed by atoms with Gasteiger partial charge in [0.2, 0.25) is 0 Å². The summed E-state index contributed by atoms with van der Waals surface area (Å²) in [5.74, 6) is -0.284. The van der Waals surface area contributed by atoms with Gasteiger partial charge in [-0.3, -0.25) is 4.98 Å². The molecule has 1 unspecified atom stereocenters. The van der Waals surface area contributed by atoms with Crippen LogP contribution in [-0.4, -0.2) is 16.2 Å². The van der Waals surface area contributed by atoms with Gasteiger partial charge in [-0.25, -0.2) is 4.39 Å². The van der Waals surface area contributed by atoms with E-state index < -0.39 is 6.10 Å². The van der Waals surface area contributed by atoms with Crippen molar-refractivity contribution in [3.05, 3.63) is 64.1 Å². The fourth-order valence-electron chi connectivity index (χ4n) is 1.92. The topological polar surface area (TPSA) is 33.1 Å². The van der Waals surface area contributed by atoms with Crippen LogP contribution >= 0.6 is 15.9 Å². The minimum absolute atomic E-state index is 0.284. The van der Waals surface area contributed by atoms with Crippen molar-refractivity contribution in [2.45, 2.75) is 25.4 Å². The Balaban J connectivity index is 1.87. The van der Waals surface area contributed by atoms with Crippen LogP contribution in [0.2, 0.25) is 0 Å². The molecule has 0 aliphatic heterocycles. The van der Waals surface area contributed by atoms with Gasteiger partial charge in [0.1, 0.15) is 5.82 Å². The van der Waals surface area contributed by atoms with E-state index >= 15 is 0 Å². The molecular formula is C15H15BrFNO. The van der Waals surface area contributed by atoms with E-state index in [2.05, 4.69) is 20.9 Å². The summed E-state index contributed by atoms with van der Waals surface area (Å²) in [6.07, 6.45) is 5.09. The largest absolute Gasteiger partial charge is 0.393 e. The zero-order chi connectivity index (χ0) is 13.7. The first kappa shape index (κ1) is 14.2. The van der Waals surface area contributed by atoms with E-state index in [4.69, 9.17) is 0 Å². The van der Waals surface area contributed by atoms with E-state index in [9.17, 15) is 9.50 Å². The third-order valence-corrected chi connectivity index (χ3v) is 3.55. The molecule has 2 nitrogen and oxygen atoms in total. The highest BCUT2D eigenvalue weighted by Crippen LogP contribution is 2.18. The number of pyridine rings is 1. The minimum Gasteiger partial charge on any atom is -0.393 e. The number of aliphatic hydroxyl groups is 1. The molecule has 19 heavy (non-hydrogen) atoms. The van der Waals surface area contributed by atoms with Crippen LogP contribution in [0.4, 0.5) is 4.39 Å². The SMILES string of the molecule is OC(CCc1cccnc1)Cc1ccc(F)c(Br)c1. The lowest BCUT2D eigenvalue weighted by atomic mass is 10.0. The zero-order valence-electron chi connectivity index (χ0n) is 10.4. The van der Waals surface area contributed by atoms with Crippen molar-refractivity contribution in [3.63, 3.8) is 0 Å². The molecule has 4 heteroatoms. The molecule has 1 aromatic carbocycles. The number of benzene rings is 1. The Morgan fingerprint density at radius 2 is 2.11 bits per heavy atom. The fourth-order valence-corrected chi connectivity index (χ4v) is 2.35. The summed E-state index contributed by atoms with van der Waals surface area (Å²) in [5.41, 5.74) is 2.04. The van der Waals surface area contributed by atoms with E-state index in [1.165, 1.54) is 6.07 Å². The van der Waals surface area contributed by atoms with Crippen LogP contribution in [-0.2, 0) is 12.8 Å². The molecule has 1 atom stereocenters. The molecular weight excluding hydrogens is 309 g/mol. The van der Waals surface area contributed by atoms with Crippen molar-refractivity contribution in [1.82, 2.24) is 4.98 Å². The van der Waals surface area contributed by atoms with Crippen LogP contribution in [0.15, 0.2) is 47.2 Å². The predicted octanol–water partition coefficient (Wildman–Crippen LogP) is 3.52. The van der Waals surface area contributed by atoms with Crippen molar-refractivity contribution in [3.8, 4) is 0 Å². The van der Waals surface area contributed by atoms with Crippen molar-refractivity contribution >= 4 is 15.9 Å². The normalized spacial score (nSPS) is 12.4. The predicted molar refractivity (Wildman–Crippen MR) is 76.4 cm³/mol. The number of aryl methyl sites for hydroxylation is 1. The van der Waals surface area contributed by atoms with Gasteiger partial charge in [-0.05, 0) is 64.5 Å². The Hall–Kier alpha value is -1.26. The van der Waals surface area contributed by atoms with Crippen LogP contribution in [0.3, 0.4) is 0 Å². The number of hydrogen-bond acceptors (Lipinski definition) is 2. The van der Waals surface area contributed by atoms with Gasteiger partial charge in [0.15, 0.2) is 0 Å². The summed E-state index contributed by atoms with van der Waals surface area (Å²) in [6, 6.07) is 8.70. The van der Waals surface area contributed by atoms with Gasteiger partial charge in [-0.15, -0.1) is 0 Å². The van der Waals surface area contributed by atoms with Crippen LogP contribution < -0.4 is 0 Å².